The number of halogens is 1. The predicted octanol–water partition coefficient (Wildman–Crippen LogP) is 6.29. The monoisotopic (exact) mass is 453 g/mol. The summed E-state index contributed by atoms with van der Waals surface area (Å²) in [4.78, 5) is 17.5. The third-order valence-corrected chi connectivity index (χ3v) is 6.98. The van der Waals surface area contributed by atoms with Gasteiger partial charge in [0.25, 0.3) is 0 Å². The van der Waals surface area contributed by atoms with Gasteiger partial charge in [-0.2, -0.15) is 0 Å². The first-order valence-electron chi connectivity index (χ1n) is 11.2. The second kappa shape index (κ2) is 10.7. The molecule has 1 aliphatic rings. The molecule has 0 bridgehead atoms. The summed E-state index contributed by atoms with van der Waals surface area (Å²) in [5.41, 5.74) is 4.10. The first-order chi connectivity index (χ1) is 15.6. The van der Waals surface area contributed by atoms with Crippen molar-refractivity contribution < 1.29 is 18.7 Å². The van der Waals surface area contributed by atoms with Gasteiger partial charge in [0.15, 0.2) is 0 Å². The van der Waals surface area contributed by atoms with Crippen LogP contribution in [0.15, 0.2) is 42.5 Å². The normalized spacial score (nSPS) is 13.3. The minimum absolute atomic E-state index is 0.188. The van der Waals surface area contributed by atoms with Crippen molar-refractivity contribution in [3.05, 3.63) is 70.0 Å². The molecule has 168 valence electrons. The summed E-state index contributed by atoms with van der Waals surface area (Å²) in [6.45, 7) is 0.277. The van der Waals surface area contributed by atoms with Gasteiger partial charge in [-0.3, -0.25) is 4.79 Å². The lowest BCUT2D eigenvalue weighted by Gasteiger charge is -2.11. The third kappa shape index (κ3) is 5.74. The molecule has 6 heteroatoms. The van der Waals surface area contributed by atoms with Gasteiger partial charge in [-0.15, -0.1) is 11.3 Å². The van der Waals surface area contributed by atoms with Gasteiger partial charge in [-0.25, -0.2) is 9.37 Å². The quantitative estimate of drug-likeness (QED) is 0.297. The second-order valence-corrected chi connectivity index (χ2v) is 9.20. The van der Waals surface area contributed by atoms with Crippen molar-refractivity contribution in [1.29, 1.82) is 0 Å². The van der Waals surface area contributed by atoms with Crippen LogP contribution in [-0.2, 0) is 35.4 Å². The molecule has 2 aromatic carbocycles. The molecule has 0 fully saturated rings. The van der Waals surface area contributed by atoms with Crippen molar-refractivity contribution in [3.63, 3.8) is 0 Å². The van der Waals surface area contributed by atoms with Gasteiger partial charge in [0.1, 0.15) is 23.2 Å². The number of hydrogen-bond acceptors (Lipinski definition) is 5. The SMILES string of the molecule is COC(=O)CCCc1ccc(OCc2cc(F)ccc2-c2nc3c(s2)CCCCC3)cc1. The molecule has 4 rings (SSSR count). The van der Waals surface area contributed by atoms with Gasteiger partial charge in [0, 0.05) is 22.4 Å². The molecule has 0 amide bonds. The lowest BCUT2D eigenvalue weighted by atomic mass is 10.1. The smallest absolute Gasteiger partial charge is 0.305 e. The van der Waals surface area contributed by atoms with Crippen LogP contribution >= 0.6 is 11.3 Å². The number of carbonyl (C=O) groups excluding carboxylic acids is 1. The van der Waals surface area contributed by atoms with E-state index in [1.54, 1.807) is 17.4 Å². The predicted molar refractivity (Wildman–Crippen MR) is 124 cm³/mol. The summed E-state index contributed by atoms with van der Waals surface area (Å²) in [5.74, 6) is 0.269. The Kier molecular flexibility index (Phi) is 7.53. The zero-order valence-corrected chi connectivity index (χ0v) is 19.2. The van der Waals surface area contributed by atoms with Crippen molar-refractivity contribution >= 4 is 17.3 Å². The van der Waals surface area contributed by atoms with Crippen molar-refractivity contribution in [2.75, 3.05) is 7.11 Å². The summed E-state index contributed by atoms with van der Waals surface area (Å²) in [7, 11) is 1.41. The number of fused-ring (bicyclic) bond motifs is 1. The van der Waals surface area contributed by atoms with E-state index >= 15 is 0 Å². The second-order valence-electron chi connectivity index (χ2n) is 8.11. The van der Waals surface area contributed by atoms with Crippen LogP contribution in [0.25, 0.3) is 10.6 Å². The summed E-state index contributed by atoms with van der Waals surface area (Å²) >= 11 is 1.73. The van der Waals surface area contributed by atoms with E-state index in [-0.39, 0.29) is 18.4 Å². The van der Waals surface area contributed by atoms with Crippen molar-refractivity contribution in [2.24, 2.45) is 0 Å². The zero-order chi connectivity index (χ0) is 22.3. The van der Waals surface area contributed by atoms with Gasteiger partial charge >= 0.3 is 5.97 Å². The molecule has 4 nitrogen and oxygen atoms in total. The number of hydrogen-bond donors (Lipinski definition) is 0. The van der Waals surface area contributed by atoms with Gasteiger partial charge < -0.3 is 9.47 Å². The maximum Gasteiger partial charge on any atom is 0.305 e. The first kappa shape index (κ1) is 22.5. The highest BCUT2D eigenvalue weighted by Gasteiger charge is 2.17. The van der Waals surface area contributed by atoms with Crippen LogP contribution in [0.4, 0.5) is 4.39 Å². The molecule has 0 atom stereocenters. The highest BCUT2D eigenvalue weighted by molar-refractivity contribution is 7.15. The number of esters is 1. The van der Waals surface area contributed by atoms with Gasteiger partial charge in [0.2, 0.25) is 0 Å². The Hall–Kier alpha value is -2.73. The molecule has 0 saturated carbocycles. The molecule has 32 heavy (non-hydrogen) atoms. The van der Waals surface area contributed by atoms with E-state index in [0.717, 1.165) is 53.1 Å². The minimum atomic E-state index is -0.272. The Morgan fingerprint density at radius 2 is 1.91 bits per heavy atom. The summed E-state index contributed by atoms with van der Waals surface area (Å²) in [5, 5.41) is 0.955. The highest BCUT2D eigenvalue weighted by atomic mass is 32.1. The molecule has 1 heterocycles. The Labute approximate surface area is 192 Å². The molecular formula is C26H28FNO3S. The molecule has 0 unspecified atom stereocenters. The van der Waals surface area contributed by atoms with Gasteiger partial charge in [0.05, 0.1) is 12.8 Å². The van der Waals surface area contributed by atoms with Crippen molar-refractivity contribution in [2.45, 2.75) is 58.0 Å². The molecule has 0 radical (unpaired) electrons. The van der Waals surface area contributed by atoms with E-state index in [2.05, 4.69) is 4.74 Å². The lowest BCUT2D eigenvalue weighted by molar-refractivity contribution is -0.140. The largest absolute Gasteiger partial charge is 0.489 e. The van der Waals surface area contributed by atoms with E-state index in [9.17, 15) is 9.18 Å². The topological polar surface area (TPSA) is 48.4 Å². The van der Waals surface area contributed by atoms with Crippen LogP contribution in [0, 0.1) is 5.82 Å². The van der Waals surface area contributed by atoms with Crippen LogP contribution in [0.2, 0.25) is 0 Å². The molecular weight excluding hydrogens is 425 g/mol. The third-order valence-electron chi connectivity index (χ3n) is 5.79. The number of aromatic nitrogens is 1. The van der Waals surface area contributed by atoms with Gasteiger partial charge in [-0.1, -0.05) is 18.6 Å². The van der Waals surface area contributed by atoms with E-state index in [4.69, 9.17) is 9.72 Å². The molecule has 0 saturated heterocycles. The standard InChI is InChI=1S/C26H28FNO3S/c1-30-25(29)9-5-6-18-10-13-21(14-11-18)31-17-19-16-20(27)12-15-22(19)26-28-23-7-3-2-4-8-24(23)32-26/h10-16H,2-9,17H2,1H3. The van der Waals surface area contributed by atoms with E-state index in [0.29, 0.717) is 6.42 Å². The Morgan fingerprint density at radius 3 is 2.72 bits per heavy atom. The minimum Gasteiger partial charge on any atom is -0.489 e. The summed E-state index contributed by atoms with van der Waals surface area (Å²) in [6.07, 6.45) is 7.75. The van der Waals surface area contributed by atoms with Crippen LogP contribution in [0.1, 0.15) is 53.8 Å². The number of benzene rings is 2. The van der Waals surface area contributed by atoms with Crippen LogP contribution < -0.4 is 4.74 Å². The average Bonchev–Trinajstić information content (AvgIpc) is 3.08. The number of methoxy groups -OCH3 is 1. The fourth-order valence-electron chi connectivity index (χ4n) is 3.99. The lowest BCUT2D eigenvalue weighted by Crippen LogP contribution is -2.01. The fourth-order valence-corrected chi connectivity index (χ4v) is 5.20. The van der Waals surface area contributed by atoms with Crippen LogP contribution in [0.5, 0.6) is 5.75 Å². The fraction of sp³-hybridized carbons (Fsp3) is 0.385. The number of rotatable bonds is 8. The average molecular weight is 454 g/mol. The molecule has 0 N–H and O–H groups in total. The maximum atomic E-state index is 14.0. The number of thiazole rings is 1. The highest BCUT2D eigenvalue weighted by Crippen LogP contribution is 2.34. The molecule has 1 aromatic heterocycles. The Morgan fingerprint density at radius 1 is 1.09 bits per heavy atom. The Bertz CT molecular complexity index is 1040. The maximum absolute atomic E-state index is 14.0. The zero-order valence-electron chi connectivity index (χ0n) is 18.4. The number of carbonyl (C=O) groups is 1. The van der Waals surface area contributed by atoms with Crippen molar-refractivity contribution in [1.82, 2.24) is 4.98 Å². The van der Waals surface area contributed by atoms with Crippen LogP contribution in [0.3, 0.4) is 0 Å². The summed E-state index contributed by atoms with van der Waals surface area (Å²) in [6, 6.07) is 12.7. The molecule has 0 aliphatic heterocycles. The number of ether oxygens (including phenoxy) is 2. The summed E-state index contributed by atoms with van der Waals surface area (Å²) < 4.78 is 24.7. The number of aryl methyl sites for hydroxylation is 3. The van der Waals surface area contributed by atoms with Crippen molar-refractivity contribution in [3.8, 4) is 16.3 Å². The molecule has 1 aliphatic carbocycles. The number of nitrogens with zero attached hydrogens (tertiary/aromatic N) is 1. The van der Waals surface area contributed by atoms with Crippen LogP contribution in [-0.4, -0.2) is 18.1 Å². The molecule has 3 aromatic rings. The Balaban J connectivity index is 1.42. The first-order valence-corrected chi connectivity index (χ1v) is 12.0. The van der Waals surface area contributed by atoms with E-state index in [1.807, 2.05) is 30.3 Å². The van der Waals surface area contributed by atoms with E-state index < -0.39 is 0 Å². The van der Waals surface area contributed by atoms with Gasteiger partial charge in [-0.05, 0) is 74.4 Å². The molecule has 0 spiro atoms. The van der Waals surface area contributed by atoms with E-state index in [1.165, 1.54) is 43.0 Å².